The lowest BCUT2D eigenvalue weighted by molar-refractivity contribution is -0.130. The third-order valence-electron chi connectivity index (χ3n) is 7.15. The molecular weight excluding hydrogens is 613 g/mol. The first kappa shape index (κ1) is 35.6. The van der Waals surface area contributed by atoms with Crippen LogP contribution in [0.15, 0.2) is 72.8 Å². The molecule has 0 aliphatic carbocycles. The van der Waals surface area contributed by atoms with Crippen molar-refractivity contribution in [2.75, 3.05) is 13.1 Å². The summed E-state index contributed by atoms with van der Waals surface area (Å²) in [6.07, 6.45) is 0.505. The van der Waals surface area contributed by atoms with Gasteiger partial charge in [-0.2, -0.15) is 0 Å². The van der Waals surface area contributed by atoms with Gasteiger partial charge in [-0.1, -0.05) is 79.5 Å². The number of halogens is 2. The summed E-state index contributed by atoms with van der Waals surface area (Å²) < 4.78 is 0. The van der Waals surface area contributed by atoms with Gasteiger partial charge in [0.05, 0.1) is 16.1 Å². The molecule has 3 rings (SSSR count). The maximum Gasteiger partial charge on any atom is 0.251 e. The van der Waals surface area contributed by atoms with E-state index < -0.39 is 12.1 Å². The van der Waals surface area contributed by atoms with E-state index in [0.29, 0.717) is 34.1 Å². The molecule has 0 fully saturated rings. The normalized spacial score (nSPS) is 13.0. The second-order valence-corrected chi connectivity index (χ2v) is 11.9. The van der Waals surface area contributed by atoms with Gasteiger partial charge in [-0.25, -0.2) is 0 Å². The Morgan fingerprint density at radius 2 is 1.40 bits per heavy atom. The number of amides is 4. The minimum absolute atomic E-state index is 0.0911. The molecule has 0 spiro atoms. The summed E-state index contributed by atoms with van der Waals surface area (Å²) in [5.41, 5.74) is 2.45. The summed E-state index contributed by atoms with van der Waals surface area (Å²) in [7, 11) is 0. The highest BCUT2D eigenvalue weighted by Gasteiger charge is 2.26. The van der Waals surface area contributed by atoms with Crippen LogP contribution in [0.1, 0.15) is 59.5 Å². The lowest BCUT2D eigenvalue weighted by Gasteiger charge is -2.25. The quantitative estimate of drug-likeness (QED) is 0.165. The second-order valence-electron chi connectivity index (χ2n) is 11.1. The van der Waals surface area contributed by atoms with Crippen LogP contribution in [0.25, 0.3) is 0 Å². The largest absolute Gasteiger partial charge is 0.355 e. The molecule has 0 heterocycles. The molecule has 0 saturated heterocycles. The highest BCUT2D eigenvalue weighted by atomic mass is 35.5. The van der Waals surface area contributed by atoms with E-state index in [1.54, 1.807) is 43.3 Å². The number of likely N-dealkylation sites (N-methyl/N-ethyl adjacent to an activating group) is 1. The molecule has 9 nitrogen and oxygen atoms in total. The Morgan fingerprint density at radius 1 is 0.711 bits per heavy atom. The number of hydrogen-bond donors (Lipinski definition) is 5. The van der Waals surface area contributed by atoms with E-state index in [-0.39, 0.29) is 48.7 Å². The van der Waals surface area contributed by atoms with Gasteiger partial charge in [0.1, 0.15) is 6.04 Å². The minimum Gasteiger partial charge on any atom is -0.355 e. The third-order valence-corrected chi connectivity index (χ3v) is 7.88. The average molecular weight is 655 g/mol. The van der Waals surface area contributed by atoms with Crippen LogP contribution in [0, 0.1) is 5.92 Å². The van der Waals surface area contributed by atoms with E-state index in [1.807, 2.05) is 51.1 Å². The Hall–Kier alpha value is -3.92. The van der Waals surface area contributed by atoms with Gasteiger partial charge in [-0.05, 0) is 67.6 Å². The van der Waals surface area contributed by atoms with Crippen LogP contribution in [0.5, 0.6) is 0 Å². The van der Waals surface area contributed by atoms with Gasteiger partial charge in [-0.15, -0.1) is 0 Å². The van der Waals surface area contributed by atoms with Crippen LogP contribution in [0.3, 0.4) is 0 Å². The van der Waals surface area contributed by atoms with Gasteiger partial charge in [0.2, 0.25) is 11.8 Å². The zero-order valence-corrected chi connectivity index (χ0v) is 27.5. The van der Waals surface area contributed by atoms with E-state index in [2.05, 4.69) is 26.6 Å². The summed E-state index contributed by atoms with van der Waals surface area (Å²) in [4.78, 5) is 51.7. The number of hydrogen-bond acceptors (Lipinski definition) is 5. The summed E-state index contributed by atoms with van der Waals surface area (Å²) >= 11 is 12.0. The first-order valence-electron chi connectivity index (χ1n) is 15.0. The molecule has 3 atom stereocenters. The number of nitrogens with one attached hydrogen (secondary N) is 5. The molecule has 0 saturated carbocycles. The van der Waals surface area contributed by atoms with E-state index >= 15 is 0 Å². The number of benzene rings is 3. The predicted molar refractivity (Wildman–Crippen MR) is 178 cm³/mol. The lowest BCUT2D eigenvalue weighted by Crippen LogP contribution is -2.55. The van der Waals surface area contributed by atoms with Gasteiger partial charge in [0, 0.05) is 36.8 Å². The molecule has 0 unspecified atom stereocenters. The van der Waals surface area contributed by atoms with Crippen molar-refractivity contribution in [1.82, 2.24) is 26.6 Å². The highest BCUT2D eigenvalue weighted by Crippen LogP contribution is 2.22. The van der Waals surface area contributed by atoms with Crippen molar-refractivity contribution < 1.29 is 19.2 Å². The van der Waals surface area contributed by atoms with Gasteiger partial charge in [-0.3, -0.25) is 19.2 Å². The van der Waals surface area contributed by atoms with Crippen molar-refractivity contribution in [2.45, 2.75) is 58.8 Å². The van der Waals surface area contributed by atoms with Gasteiger partial charge >= 0.3 is 0 Å². The van der Waals surface area contributed by atoms with E-state index in [9.17, 15) is 19.2 Å². The maximum atomic E-state index is 13.4. The third kappa shape index (κ3) is 11.2. The fourth-order valence-corrected chi connectivity index (χ4v) is 4.91. The molecule has 5 N–H and O–H groups in total. The van der Waals surface area contributed by atoms with Crippen molar-refractivity contribution >= 4 is 46.8 Å². The van der Waals surface area contributed by atoms with Crippen molar-refractivity contribution in [1.29, 1.82) is 0 Å². The molecule has 3 aromatic rings. The molecule has 4 amide bonds. The van der Waals surface area contributed by atoms with E-state index in [1.165, 1.54) is 6.07 Å². The first-order valence-corrected chi connectivity index (χ1v) is 15.7. The molecule has 45 heavy (non-hydrogen) atoms. The SMILES string of the molecule is CCNC(=O)[C@@H](NC(=O)[C@H](C)NC[C@H](Cc1ccccc1)NC(=O)c1cccc(C(=O)NCc2ccc(Cl)c(Cl)c2)c1)C(C)C. The Labute approximate surface area is 274 Å². The van der Waals surface area contributed by atoms with Crippen LogP contribution in [-0.4, -0.2) is 54.8 Å². The van der Waals surface area contributed by atoms with Crippen LogP contribution in [0.4, 0.5) is 0 Å². The summed E-state index contributed by atoms with van der Waals surface area (Å²) in [6.45, 7) is 8.28. The molecule has 0 radical (unpaired) electrons. The Morgan fingerprint density at radius 3 is 2.04 bits per heavy atom. The molecule has 0 aromatic heterocycles. The number of carbonyl (C=O) groups excluding carboxylic acids is 4. The van der Waals surface area contributed by atoms with Crippen LogP contribution >= 0.6 is 23.2 Å². The standard InChI is InChI=1S/C34H41Cl2N5O4/c1-5-37-34(45)30(21(2)3)41-31(42)22(4)38-20-27(16-23-10-7-6-8-11-23)40-33(44)26-13-9-12-25(18-26)32(43)39-19-24-14-15-28(35)29(36)17-24/h6-15,17-18,21-22,27,30,38H,5,16,19-20H2,1-4H3,(H,37,45)(H,39,43)(H,40,44)(H,41,42)/t22-,27-,30-/m0/s1. The zero-order chi connectivity index (χ0) is 32.9. The van der Waals surface area contributed by atoms with Crippen molar-refractivity contribution in [3.8, 4) is 0 Å². The maximum absolute atomic E-state index is 13.4. The van der Waals surface area contributed by atoms with E-state index in [0.717, 1.165) is 11.1 Å². The number of carbonyl (C=O) groups is 4. The monoisotopic (exact) mass is 653 g/mol. The van der Waals surface area contributed by atoms with Gasteiger partial charge in [0.15, 0.2) is 0 Å². The second kappa shape index (κ2) is 17.5. The molecule has 0 aliphatic heterocycles. The molecule has 11 heteroatoms. The van der Waals surface area contributed by atoms with Gasteiger partial charge in [0.25, 0.3) is 11.8 Å². The van der Waals surface area contributed by atoms with Crippen molar-refractivity contribution in [3.05, 3.63) is 105 Å². The Bertz CT molecular complexity index is 1470. The first-order chi connectivity index (χ1) is 21.5. The molecule has 0 bridgehead atoms. The van der Waals surface area contributed by atoms with Crippen LogP contribution < -0.4 is 26.6 Å². The molecule has 0 aliphatic rings. The molecular formula is C34H41Cl2N5O4. The number of rotatable bonds is 15. The van der Waals surface area contributed by atoms with Crippen molar-refractivity contribution in [3.63, 3.8) is 0 Å². The predicted octanol–water partition coefficient (Wildman–Crippen LogP) is 4.52. The minimum atomic E-state index is -0.657. The Balaban J connectivity index is 1.66. The van der Waals surface area contributed by atoms with Crippen LogP contribution in [-0.2, 0) is 22.6 Å². The smallest absolute Gasteiger partial charge is 0.251 e. The fourth-order valence-electron chi connectivity index (χ4n) is 4.59. The highest BCUT2D eigenvalue weighted by molar-refractivity contribution is 6.42. The molecule has 3 aromatic carbocycles. The Kier molecular flexibility index (Phi) is 13.9. The van der Waals surface area contributed by atoms with Gasteiger partial charge < -0.3 is 26.6 Å². The average Bonchev–Trinajstić information content (AvgIpc) is 3.03. The molecule has 240 valence electrons. The van der Waals surface area contributed by atoms with Crippen LogP contribution in [0.2, 0.25) is 10.0 Å². The fraction of sp³-hybridized carbons (Fsp3) is 0.353. The summed E-state index contributed by atoms with van der Waals surface area (Å²) in [6, 6.07) is 19.6. The van der Waals surface area contributed by atoms with E-state index in [4.69, 9.17) is 23.2 Å². The summed E-state index contributed by atoms with van der Waals surface area (Å²) in [5.74, 6) is -1.33. The topological polar surface area (TPSA) is 128 Å². The van der Waals surface area contributed by atoms with Crippen molar-refractivity contribution in [2.24, 2.45) is 5.92 Å². The lowest BCUT2D eigenvalue weighted by atomic mass is 10.0. The summed E-state index contributed by atoms with van der Waals surface area (Å²) in [5, 5.41) is 15.5. The zero-order valence-electron chi connectivity index (χ0n) is 26.0.